The van der Waals surface area contributed by atoms with Crippen LogP contribution in [0.15, 0.2) is 6.20 Å². The standard InChI is InChI=1S/C11H18N2OS/c1-3-8-7-12-11(15)13(8)9-5-10(6-9)14-4-2/h7,9-10H,3-6H2,1-2H3,(H,12,15). The van der Waals surface area contributed by atoms with Crippen LogP contribution in [0.5, 0.6) is 0 Å². The van der Waals surface area contributed by atoms with Gasteiger partial charge in [0, 0.05) is 24.5 Å². The Balaban J connectivity index is 2.06. The molecule has 1 aromatic heterocycles. The third kappa shape index (κ3) is 2.01. The number of ether oxygens (including phenoxy) is 1. The topological polar surface area (TPSA) is 29.9 Å². The summed E-state index contributed by atoms with van der Waals surface area (Å²) in [6, 6.07) is 0.551. The number of nitrogens with one attached hydrogen (secondary N) is 1. The zero-order valence-electron chi connectivity index (χ0n) is 9.32. The lowest BCUT2D eigenvalue weighted by Crippen LogP contribution is -2.34. The van der Waals surface area contributed by atoms with Crippen LogP contribution in [0.2, 0.25) is 0 Å². The van der Waals surface area contributed by atoms with Gasteiger partial charge >= 0.3 is 0 Å². The quantitative estimate of drug-likeness (QED) is 0.800. The average Bonchev–Trinajstić information content (AvgIpc) is 2.53. The second-order valence-electron chi connectivity index (χ2n) is 4.01. The van der Waals surface area contributed by atoms with Crippen LogP contribution in [-0.4, -0.2) is 22.3 Å². The normalized spacial score (nSPS) is 25.2. The Morgan fingerprint density at radius 2 is 2.27 bits per heavy atom. The van der Waals surface area contributed by atoms with Crippen molar-refractivity contribution in [2.75, 3.05) is 6.61 Å². The Labute approximate surface area is 95.5 Å². The first-order chi connectivity index (χ1) is 7.26. The monoisotopic (exact) mass is 226 g/mol. The minimum Gasteiger partial charge on any atom is -0.378 e. The third-order valence-corrected chi connectivity index (χ3v) is 3.40. The molecular formula is C11H18N2OS. The number of nitrogens with zero attached hydrogens (tertiary/aromatic N) is 1. The van der Waals surface area contributed by atoms with E-state index < -0.39 is 0 Å². The molecular weight excluding hydrogens is 208 g/mol. The first-order valence-electron chi connectivity index (χ1n) is 5.66. The van der Waals surface area contributed by atoms with Gasteiger partial charge in [-0.3, -0.25) is 0 Å². The van der Waals surface area contributed by atoms with E-state index in [-0.39, 0.29) is 0 Å². The predicted octanol–water partition coefficient (Wildman–Crippen LogP) is 2.85. The van der Waals surface area contributed by atoms with Gasteiger partial charge in [0.15, 0.2) is 4.77 Å². The lowest BCUT2D eigenvalue weighted by atomic mass is 9.89. The van der Waals surface area contributed by atoms with Crippen molar-refractivity contribution in [2.24, 2.45) is 0 Å². The van der Waals surface area contributed by atoms with E-state index in [1.807, 2.05) is 13.1 Å². The largest absolute Gasteiger partial charge is 0.378 e. The van der Waals surface area contributed by atoms with E-state index in [0.717, 1.165) is 30.6 Å². The SMILES string of the molecule is CCOC1CC(n2c(CC)c[nH]c2=S)C1. The van der Waals surface area contributed by atoms with Crippen molar-refractivity contribution in [1.29, 1.82) is 0 Å². The highest BCUT2D eigenvalue weighted by atomic mass is 32.1. The molecule has 1 aromatic rings. The molecule has 84 valence electrons. The Morgan fingerprint density at radius 3 is 2.87 bits per heavy atom. The van der Waals surface area contributed by atoms with Crippen molar-refractivity contribution in [3.63, 3.8) is 0 Å². The van der Waals surface area contributed by atoms with Crippen LogP contribution in [0.25, 0.3) is 0 Å². The Hall–Kier alpha value is -0.610. The van der Waals surface area contributed by atoms with Crippen molar-refractivity contribution in [1.82, 2.24) is 9.55 Å². The van der Waals surface area contributed by atoms with Gasteiger partial charge in [-0.25, -0.2) is 0 Å². The molecule has 0 spiro atoms. The molecule has 0 aromatic carbocycles. The molecule has 2 rings (SSSR count). The molecule has 0 aliphatic heterocycles. The van der Waals surface area contributed by atoms with Crippen LogP contribution in [0, 0.1) is 4.77 Å². The molecule has 1 aliphatic carbocycles. The van der Waals surface area contributed by atoms with Gasteiger partial charge in [0.05, 0.1) is 6.10 Å². The highest BCUT2D eigenvalue weighted by Crippen LogP contribution is 2.35. The molecule has 1 fully saturated rings. The van der Waals surface area contributed by atoms with Gasteiger partial charge in [-0.05, 0) is 38.4 Å². The Bertz CT molecular complexity index is 376. The van der Waals surface area contributed by atoms with Crippen molar-refractivity contribution >= 4 is 12.2 Å². The van der Waals surface area contributed by atoms with Crippen LogP contribution in [-0.2, 0) is 11.2 Å². The summed E-state index contributed by atoms with van der Waals surface area (Å²) < 4.78 is 8.67. The van der Waals surface area contributed by atoms with Crippen molar-refractivity contribution in [2.45, 2.75) is 45.3 Å². The molecule has 1 N–H and O–H groups in total. The molecule has 0 atom stereocenters. The van der Waals surface area contributed by atoms with Gasteiger partial charge in [0.25, 0.3) is 0 Å². The fourth-order valence-electron chi connectivity index (χ4n) is 2.21. The Morgan fingerprint density at radius 1 is 1.53 bits per heavy atom. The number of hydrogen-bond acceptors (Lipinski definition) is 2. The maximum absolute atomic E-state index is 5.56. The molecule has 1 aliphatic rings. The smallest absolute Gasteiger partial charge is 0.177 e. The Kier molecular flexibility index (Phi) is 3.26. The highest BCUT2D eigenvalue weighted by molar-refractivity contribution is 7.71. The van der Waals surface area contributed by atoms with Crippen molar-refractivity contribution < 1.29 is 4.74 Å². The van der Waals surface area contributed by atoms with E-state index in [1.165, 1.54) is 5.69 Å². The lowest BCUT2D eigenvalue weighted by Gasteiger charge is -2.36. The first kappa shape index (κ1) is 10.9. The van der Waals surface area contributed by atoms with Crippen LogP contribution in [0.3, 0.4) is 0 Å². The van der Waals surface area contributed by atoms with Crippen LogP contribution < -0.4 is 0 Å². The minimum absolute atomic E-state index is 0.446. The number of aromatic amines is 1. The summed E-state index contributed by atoms with van der Waals surface area (Å²) in [4.78, 5) is 3.12. The van der Waals surface area contributed by atoms with Gasteiger partial charge in [-0.1, -0.05) is 6.92 Å². The molecule has 0 unspecified atom stereocenters. The van der Waals surface area contributed by atoms with Gasteiger partial charge in [-0.15, -0.1) is 0 Å². The van der Waals surface area contributed by atoms with Crippen LogP contribution >= 0.6 is 12.2 Å². The van der Waals surface area contributed by atoms with Gasteiger partial charge in [0.1, 0.15) is 0 Å². The highest BCUT2D eigenvalue weighted by Gasteiger charge is 2.32. The maximum Gasteiger partial charge on any atom is 0.177 e. The van der Waals surface area contributed by atoms with E-state index >= 15 is 0 Å². The molecule has 1 heterocycles. The summed E-state index contributed by atoms with van der Waals surface area (Å²) in [5, 5.41) is 0. The number of H-pyrrole nitrogens is 1. The molecule has 1 saturated carbocycles. The fourth-order valence-corrected chi connectivity index (χ4v) is 2.53. The number of aryl methyl sites for hydroxylation is 1. The number of hydrogen-bond donors (Lipinski definition) is 1. The average molecular weight is 226 g/mol. The maximum atomic E-state index is 5.56. The summed E-state index contributed by atoms with van der Waals surface area (Å²) in [6.07, 6.45) is 5.71. The summed E-state index contributed by atoms with van der Waals surface area (Å²) in [7, 11) is 0. The molecule has 0 amide bonds. The van der Waals surface area contributed by atoms with Gasteiger partial charge in [0.2, 0.25) is 0 Å². The predicted molar refractivity (Wildman–Crippen MR) is 62.7 cm³/mol. The zero-order valence-corrected chi connectivity index (χ0v) is 10.1. The number of rotatable bonds is 4. The minimum atomic E-state index is 0.446. The summed E-state index contributed by atoms with van der Waals surface area (Å²) >= 11 is 5.29. The second-order valence-corrected chi connectivity index (χ2v) is 4.40. The van der Waals surface area contributed by atoms with Gasteiger partial charge in [-0.2, -0.15) is 0 Å². The number of imidazole rings is 1. The van der Waals surface area contributed by atoms with Crippen LogP contribution in [0.4, 0.5) is 0 Å². The second kappa shape index (κ2) is 4.49. The molecule has 0 bridgehead atoms. The molecule has 15 heavy (non-hydrogen) atoms. The summed E-state index contributed by atoms with van der Waals surface area (Å²) in [5.41, 5.74) is 1.31. The fraction of sp³-hybridized carbons (Fsp3) is 0.727. The first-order valence-corrected chi connectivity index (χ1v) is 6.07. The molecule has 0 radical (unpaired) electrons. The molecule has 4 heteroatoms. The molecule has 0 saturated heterocycles. The molecule has 3 nitrogen and oxygen atoms in total. The summed E-state index contributed by atoms with van der Waals surface area (Å²) in [6.45, 7) is 5.02. The van der Waals surface area contributed by atoms with Crippen LogP contribution in [0.1, 0.15) is 38.4 Å². The van der Waals surface area contributed by atoms with Gasteiger partial charge < -0.3 is 14.3 Å². The third-order valence-electron chi connectivity index (χ3n) is 3.09. The van der Waals surface area contributed by atoms with E-state index in [1.54, 1.807) is 0 Å². The number of aromatic nitrogens is 2. The van der Waals surface area contributed by atoms with E-state index in [4.69, 9.17) is 17.0 Å². The van der Waals surface area contributed by atoms with Crippen molar-refractivity contribution in [3.8, 4) is 0 Å². The summed E-state index contributed by atoms with van der Waals surface area (Å²) in [5.74, 6) is 0. The van der Waals surface area contributed by atoms with E-state index in [9.17, 15) is 0 Å². The van der Waals surface area contributed by atoms with Crippen molar-refractivity contribution in [3.05, 3.63) is 16.7 Å². The lowest BCUT2D eigenvalue weighted by molar-refractivity contribution is -0.0205. The zero-order chi connectivity index (χ0) is 10.8. The van der Waals surface area contributed by atoms with E-state index in [2.05, 4.69) is 16.5 Å². The van der Waals surface area contributed by atoms with E-state index in [0.29, 0.717) is 12.1 Å².